The van der Waals surface area contributed by atoms with E-state index in [0.29, 0.717) is 0 Å². The monoisotopic (exact) mass is 141 g/mol. The van der Waals surface area contributed by atoms with E-state index < -0.39 is 0 Å². The second-order valence-corrected chi connectivity index (χ2v) is 2.32. The van der Waals surface area contributed by atoms with E-state index in [1.807, 2.05) is 6.20 Å². The van der Waals surface area contributed by atoms with E-state index in [2.05, 4.69) is 9.97 Å². The minimum Gasteiger partial charge on any atom is -0.348 e. The Balaban J connectivity index is 0.000001000. The molecule has 0 aliphatic heterocycles. The third-order valence-electron chi connectivity index (χ3n) is 1.46. The van der Waals surface area contributed by atoms with Crippen molar-refractivity contribution in [2.75, 3.05) is 6.54 Å². The molecule has 0 aromatic carbocycles. The largest absolute Gasteiger partial charge is 0.348 e. The number of nitrogens with zero attached hydrogens (tertiary/aromatic N) is 1. The van der Waals surface area contributed by atoms with Crippen LogP contribution in [-0.4, -0.2) is 16.5 Å². The predicted octanol–water partition coefficient (Wildman–Crippen LogP) is 0.937. The van der Waals surface area contributed by atoms with E-state index in [0.717, 1.165) is 25.8 Å². The van der Waals surface area contributed by atoms with Gasteiger partial charge in [-0.25, -0.2) is 4.98 Å². The quantitative estimate of drug-likeness (QED) is 0.613. The van der Waals surface area contributed by atoms with Gasteiger partial charge < -0.3 is 10.7 Å². The summed E-state index contributed by atoms with van der Waals surface area (Å²) in [5, 5.41) is 0. The van der Waals surface area contributed by atoms with Crippen molar-refractivity contribution < 1.29 is 1.43 Å². The van der Waals surface area contributed by atoms with Gasteiger partial charge >= 0.3 is 0 Å². The number of hydrogen-bond donors (Lipinski definition) is 2. The molecule has 58 valence electrons. The molecule has 0 saturated heterocycles. The molecule has 1 heterocycles. The van der Waals surface area contributed by atoms with Gasteiger partial charge in [-0.3, -0.25) is 0 Å². The van der Waals surface area contributed by atoms with Crippen molar-refractivity contribution >= 4 is 0 Å². The molecule has 1 rings (SSSR count). The van der Waals surface area contributed by atoms with Crippen molar-refractivity contribution in [3.63, 3.8) is 0 Å². The Kier molecular flexibility index (Phi) is 2.96. The third kappa shape index (κ3) is 2.19. The number of aromatic amines is 1. The van der Waals surface area contributed by atoms with Crippen LogP contribution in [0.15, 0.2) is 12.5 Å². The second kappa shape index (κ2) is 4.06. The highest BCUT2D eigenvalue weighted by Crippen LogP contribution is 1.98. The van der Waals surface area contributed by atoms with Gasteiger partial charge in [0, 0.05) is 13.3 Å². The molecule has 0 atom stereocenters. The minimum absolute atomic E-state index is 0. The lowest BCUT2D eigenvalue weighted by atomic mass is 10.2. The molecular formula is C7H15N3. The van der Waals surface area contributed by atoms with Crippen LogP contribution in [0.1, 0.15) is 20.0 Å². The fraction of sp³-hybridized carbons (Fsp3) is 0.571. The van der Waals surface area contributed by atoms with Gasteiger partial charge in [0.25, 0.3) is 0 Å². The highest BCUT2D eigenvalue weighted by Gasteiger charge is 1.91. The van der Waals surface area contributed by atoms with Crippen LogP contribution in [-0.2, 0) is 6.42 Å². The first-order chi connectivity index (χ1) is 4.93. The van der Waals surface area contributed by atoms with Crippen LogP contribution >= 0.6 is 0 Å². The average molecular weight is 141 g/mol. The van der Waals surface area contributed by atoms with Crippen LogP contribution in [0.4, 0.5) is 0 Å². The molecule has 0 aliphatic rings. The van der Waals surface area contributed by atoms with E-state index in [4.69, 9.17) is 5.73 Å². The number of rotatable bonds is 4. The van der Waals surface area contributed by atoms with E-state index in [1.54, 1.807) is 6.33 Å². The third-order valence-corrected chi connectivity index (χ3v) is 1.46. The van der Waals surface area contributed by atoms with Gasteiger partial charge in [0.15, 0.2) is 0 Å². The van der Waals surface area contributed by atoms with E-state index in [-0.39, 0.29) is 1.43 Å². The molecule has 0 saturated carbocycles. The van der Waals surface area contributed by atoms with Gasteiger partial charge in [-0.1, -0.05) is 0 Å². The summed E-state index contributed by atoms with van der Waals surface area (Å²) in [6, 6.07) is 0. The number of hydrogen-bond acceptors (Lipinski definition) is 2. The van der Waals surface area contributed by atoms with E-state index >= 15 is 0 Å². The number of aromatic nitrogens is 2. The Bertz CT molecular complexity index is 162. The van der Waals surface area contributed by atoms with E-state index in [1.165, 1.54) is 5.69 Å². The normalized spacial score (nSPS) is 10.1. The number of nitrogens with one attached hydrogen (secondary N) is 1. The molecule has 0 radical (unpaired) electrons. The van der Waals surface area contributed by atoms with Crippen molar-refractivity contribution in [3.8, 4) is 0 Å². The molecule has 0 unspecified atom stereocenters. The standard InChI is InChI=1S/C7H13N3.H2/c8-4-2-1-3-7-5-9-6-10-7;/h5-6H,1-4,8H2,(H,9,10);1H. The van der Waals surface area contributed by atoms with Crippen LogP contribution in [0.5, 0.6) is 0 Å². The van der Waals surface area contributed by atoms with Crippen LogP contribution in [0, 0.1) is 0 Å². The smallest absolute Gasteiger partial charge is 0.0921 e. The number of imidazole rings is 1. The number of nitrogens with two attached hydrogens (primary N) is 1. The average Bonchev–Trinajstić information content (AvgIpc) is 2.41. The minimum atomic E-state index is 0. The Morgan fingerprint density at radius 1 is 1.60 bits per heavy atom. The summed E-state index contributed by atoms with van der Waals surface area (Å²) >= 11 is 0. The lowest BCUT2D eigenvalue weighted by molar-refractivity contribution is 0.735. The van der Waals surface area contributed by atoms with E-state index in [9.17, 15) is 0 Å². The summed E-state index contributed by atoms with van der Waals surface area (Å²) in [6.07, 6.45) is 6.88. The summed E-state index contributed by atoms with van der Waals surface area (Å²) in [4.78, 5) is 6.96. The lowest BCUT2D eigenvalue weighted by Gasteiger charge is -1.93. The second-order valence-electron chi connectivity index (χ2n) is 2.32. The fourth-order valence-electron chi connectivity index (χ4n) is 0.881. The van der Waals surface area contributed by atoms with Gasteiger partial charge in [0.2, 0.25) is 0 Å². The molecule has 0 aliphatic carbocycles. The SMILES string of the molecule is NCCCCc1cnc[nH]1.[HH]. The maximum atomic E-state index is 5.34. The maximum Gasteiger partial charge on any atom is 0.0921 e. The predicted molar refractivity (Wildman–Crippen MR) is 42.7 cm³/mol. The molecule has 0 bridgehead atoms. The van der Waals surface area contributed by atoms with Crippen molar-refractivity contribution in [2.45, 2.75) is 19.3 Å². The zero-order valence-electron chi connectivity index (χ0n) is 6.01. The first-order valence-electron chi connectivity index (χ1n) is 3.61. The van der Waals surface area contributed by atoms with Crippen LogP contribution in [0.2, 0.25) is 0 Å². The van der Waals surface area contributed by atoms with Gasteiger partial charge in [-0.15, -0.1) is 0 Å². The van der Waals surface area contributed by atoms with Gasteiger partial charge in [0.05, 0.1) is 6.33 Å². The van der Waals surface area contributed by atoms with Crippen LogP contribution < -0.4 is 5.73 Å². The van der Waals surface area contributed by atoms with Crippen molar-refractivity contribution in [3.05, 3.63) is 18.2 Å². The summed E-state index contributed by atoms with van der Waals surface area (Å²) in [6.45, 7) is 0.786. The Morgan fingerprint density at radius 2 is 2.50 bits per heavy atom. The number of H-pyrrole nitrogens is 1. The summed E-state index contributed by atoms with van der Waals surface area (Å²) < 4.78 is 0. The molecule has 1 aromatic heterocycles. The molecular weight excluding hydrogens is 126 g/mol. The topological polar surface area (TPSA) is 54.7 Å². The number of unbranched alkanes of at least 4 members (excludes halogenated alkanes) is 1. The Hall–Kier alpha value is -0.830. The molecule has 0 amide bonds. The molecule has 3 nitrogen and oxygen atoms in total. The summed E-state index contributed by atoms with van der Waals surface area (Å²) in [7, 11) is 0. The lowest BCUT2D eigenvalue weighted by Crippen LogP contribution is -1.98. The van der Waals surface area contributed by atoms with Crippen molar-refractivity contribution in [1.82, 2.24) is 9.97 Å². The molecule has 0 spiro atoms. The van der Waals surface area contributed by atoms with Crippen LogP contribution in [0.25, 0.3) is 0 Å². The highest BCUT2D eigenvalue weighted by atomic mass is 14.9. The van der Waals surface area contributed by atoms with Gasteiger partial charge in [0.1, 0.15) is 0 Å². The van der Waals surface area contributed by atoms with Gasteiger partial charge in [-0.05, 0) is 25.8 Å². The zero-order chi connectivity index (χ0) is 7.23. The Labute approximate surface area is 62.1 Å². The van der Waals surface area contributed by atoms with Crippen molar-refractivity contribution in [2.24, 2.45) is 5.73 Å². The molecule has 10 heavy (non-hydrogen) atoms. The highest BCUT2D eigenvalue weighted by molar-refractivity contribution is 4.93. The first kappa shape index (κ1) is 7.28. The molecule has 3 heteroatoms. The number of aryl methyl sites for hydroxylation is 1. The fourth-order valence-corrected chi connectivity index (χ4v) is 0.881. The summed E-state index contributed by atoms with van der Waals surface area (Å²) in [5.74, 6) is 0. The molecule has 3 N–H and O–H groups in total. The van der Waals surface area contributed by atoms with Crippen molar-refractivity contribution in [1.29, 1.82) is 0 Å². The molecule has 0 fully saturated rings. The zero-order valence-corrected chi connectivity index (χ0v) is 6.01. The van der Waals surface area contributed by atoms with Gasteiger partial charge in [-0.2, -0.15) is 0 Å². The summed E-state index contributed by atoms with van der Waals surface area (Å²) in [5.41, 5.74) is 6.54. The van der Waals surface area contributed by atoms with Crippen LogP contribution in [0.3, 0.4) is 0 Å². The first-order valence-corrected chi connectivity index (χ1v) is 3.61. The maximum absolute atomic E-state index is 5.34. The Morgan fingerprint density at radius 3 is 3.10 bits per heavy atom. The molecule has 1 aromatic rings.